The molecule has 144 valence electrons. The zero-order chi connectivity index (χ0) is 20.1. The Hall–Kier alpha value is -3.00. The normalized spacial score (nSPS) is 11.1. The highest BCUT2D eigenvalue weighted by Crippen LogP contribution is 2.32. The Balaban J connectivity index is 1.66. The van der Waals surface area contributed by atoms with E-state index in [1.807, 2.05) is 0 Å². The number of hydrogen-bond acceptors (Lipinski definition) is 4. The Kier molecular flexibility index (Phi) is 5.89. The summed E-state index contributed by atoms with van der Waals surface area (Å²) in [5.41, 5.74) is 1.22. The molecule has 0 spiro atoms. The van der Waals surface area contributed by atoms with Gasteiger partial charge in [-0.05, 0) is 67.4 Å². The molecule has 2 aromatic carbocycles. The van der Waals surface area contributed by atoms with Crippen LogP contribution in [0.2, 0.25) is 0 Å². The number of rotatable bonds is 5. The van der Waals surface area contributed by atoms with E-state index in [4.69, 9.17) is 0 Å². The van der Waals surface area contributed by atoms with Crippen LogP contribution in [0.4, 0.5) is 24.5 Å². The van der Waals surface area contributed by atoms with Crippen molar-refractivity contribution in [2.24, 2.45) is 0 Å². The van der Waals surface area contributed by atoms with E-state index in [1.165, 1.54) is 6.07 Å². The maximum Gasteiger partial charge on any atom is 0.416 e. The average Bonchev–Trinajstić information content (AvgIpc) is 2.66. The van der Waals surface area contributed by atoms with Crippen LogP contribution in [0.15, 0.2) is 71.6 Å². The third-order valence-corrected chi connectivity index (χ3v) is 4.52. The van der Waals surface area contributed by atoms with E-state index in [1.54, 1.807) is 55.5 Å². The Morgan fingerprint density at radius 3 is 2.43 bits per heavy atom. The number of halogens is 3. The number of pyridine rings is 1. The number of hydrogen-bond donors (Lipinski definition) is 2. The lowest BCUT2D eigenvalue weighted by molar-refractivity contribution is -0.137. The molecule has 8 heteroatoms. The van der Waals surface area contributed by atoms with Gasteiger partial charge in [-0.3, -0.25) is 4.79 Å². The fourth-order valence-corrected chi connectivity index (χ4v) is 3.07. The lowest BCUT2D eigenvalue weighted by Crippen LogP contribution is -2.13. The molecule has 0 bridgehead atoms. The summed E-state index contributed by atoms with van der Waals surface area (Å²) in [4.78, 5) is 17.2. The summed E-state index contributed by atoms with van der Waals surface area (Å²) in [6.07, 6.45) is -4.39. The highest BCUT2D eigenvalue weighted by atomic mass is 32.2. The predicted octanol–water partition coefficient (Wildman–Crippen LogP) is 5.78. The Morgan fingerprint density at radius 2 is 1.68 bits per heavy atom. The summed E-state index contributed by atoms with van der Waals surface area (Å²) in [5, 5.41) is 2.76. The monoisotopic (exact) mass is 403 g/mol. The second-order valence-electron chi connectivity index (χ2n) is 5.93. The molecule has 1 amide bonds. The molecular weight excluding hydrogens is 387 g/mol. The fourth-order valence-electron chi connectivity index (χ4n) is 2.38. The van der Waals surface area contributed by atoms with E-state index in [0.717, 1.165) is 34.7 Å². The van der Waals surface area contributed by atoms with Crippen molar-refractivity contribution >= 4 is 29.2 Å². The molecule has 3 aromatic rings. The van der Waals surface area contributed by atoms with Crippen LogP contribution in [-0.2, 0) is 6.18 Å². The van der Waals surface area contributed by atoms with Gasteiger partial charge in [0, 0.05) is 22.0 Å². The molecule has 0 unspecified atom stereocenters. The number of carbonyl (C=O) groups excluding carboxylic acids is 1. The van der Waals surface area contributed by atoms with Gasteiger partial charge in [0.1, 0.15) is 5.69 Å². The van der Waals surface area contributed by atoms with Gasteiger partial charge in [0.05, 0.1) is 5.56 Å². The summed E-state index contributed by atoms with van der Waals surface area (Å²) in [7, 11) is 0. The second-order valence-corrected chi connectivity index (χ2v) is 6.81. The van der Waals surface area contributed by atoms with Crippen molar-refractivity contribution in [3.63, 3.8) is 0 Å². The predicted molar refractivity (Wildman–Crippen MR) is 104 cm³/mol. The van der Waals surface area contributed by atoms with Gasteiger partial charge in [-0.25, -0.2) is 4.98 Å². The van der Waals surface area contributed by atoms with Crippen LogP contribution < -0.4 is 10.0 Å². The van der Waals surface area contributed by atoms with Gasteiger partial charge in [0.15, 0.2) is 0 Å². The van der Waals surface area contributed by atoms with Crippen molar-refractivity contribution in [1.82, 2.24) is 4.98 Å². The minimum Gasteiger partial charge on any atom is -0.326 e. The summed E-state index contributed by atoms with van der Waals surface area (Å²) < 4.78 is 41.3. The number of nitrogens with zero attached hydrogens (tertiary/aromatic N) is 1. The summed E-state index contributed by atoms with van der Waals surface area (Å²) in [6.45, 7) is 1.80. The number of nitrogens with one attached hydrogen (secondary N) is 2. The quantitative estimate of drug-likeness (QED) is 0.530. The SMILES string of the molecule is Cc1cccc(C(=O)Nc2cccc(SNc3cccc(C(F)(F)F)c3)c2)n1. The lowest BCUT2D eigenvalue weighted by atomic mass is 10.2. The van der Waals surface area contributed by atoms with Crippen molar-refractivity contribution in [1.29, 1.82) is 0 Å². The first kappa shape index (κ1) is 19.8. The number of carbonyl (C=O) groups is 1. The molecule has 2 N–H and O–H groups in total. The zero-order valence-corrected chi connectivity index (χ0v) is 15.6. The molecule has 0 saturated heterocycles. The van der Waals surface area contributed by atoms with Crippen LogP contribution in [0, 0.1) is 6.92 Å². The summed E-state index contributed by atoms with van der Waals surface area (Å²) >= 11 is 1.15. The molecule has 0 fully saturated rings. The molecule has 3 rings (SSSR count). The van der Waals surface area contributed by atoms with Crippen molar-refractivity contribution in [2.45, 2.75) is 18.0 Å². The van der Waals surface area contributed by atoms with Gasteiger partial charge < -0.3 is 10.0 Å². The number of anilines is 2. The van der Waals surface area contributed by atoms with Crippen molar-refractivity contribution < 1.29 is 18.0 Å². The van der Waals surface area contributed by atoms with E-state index < -0.39 is 11.7 Å². The maximum atomic E-state index is 12.8. The van der Waals surface area contributed by atoms with Crippen molar-refractivity contribution in [3.8, 4) is 0 Å². The van der Waals surface area contributed by atoms with Gasteiger partial charge >= 0.3 is 6.18 Å². The van der Waals surface area contributed by atoms with Crippen LogP contribution in [0.1, 0.15) is 21.7 Å². The standard InChI is InChI=1S/C20H16F3N3OS/c1-13-5-2-10-18(24-13)19(27)25-15-7-4-9-17(12-15)28-26-16-8-3-6-14(11-16)20(21,22)23/h2-12,26H,1H3,(H,25,27). The van der Waals surface area contributed by atoms with Gasteiger partial charge in [-0.2, -0.15) is 13.2 Å². The van der Waals surface area contributed by atoms with Gasteiger partial charge in [-0.15, -0.1) is 0 Å². The lowest BCUT2D eigenvalue weighted by Gasteiger charge is -2.11. The first-order valence-corrected chi connectivity index (χ1v) is 9.08. The average molecular weight is 403 g/mol. The summed E-state index contributed by atoms with van der Waals surface area (Å²) in [6, 6.07) is 17.1. The van der Waals surface area contributed by atoms with E-state index in [0.29, 0.717) is 17.1 Å². The zero-order valence-electron chi connectivity index (χ0n) is 14.7. The molecular formula is C20H16F3N3OS. The largest absolute Gasteiger partial charge is 0.416 e. The van der Waals surface area contributed by atoms with Gasteiger partial charge in [-0.1, -0.05) is 18.2 Å². The molecule has 1 heterocycles. The molecule has 4 nitrogen and oxygen atoms in total. The molecule has 0 atom stereocenters. The smallest absolute Gasteiger partial charge is 0.326 e. The molecule has 0 radical (unpaired) electrons. The topological polar surface area (TPSA) is 54.0 Å². The number of aromatic nitrogens is 1. The van der Waals surface area contributed by atoms with Crippen LogP contribution in [0.25, 0.3) is 0 Å². The minimum atomic E-state index is -4.39. The van der Waals surface area contributed by atoms with Gasteiger partial charge in [0.25, 0.3) is 5.91 Å². The third kappa shape index (κ3) is 5.26. The molecule has 0 aliphatic rings. The molecule has 0 aliphatic carbocycles. The van der Waals surface area contributed by atoms with Crippen molar-refractivity contribution in [2.75, 3.05) is 10.0 Å². The molecule has 0 aliphatic heterocycles. The first-order chi connectivity index (χ1) is 13.3. The fraction of sp³-hybridized carbons (Fsp3) is 0.100. The molecule has 1 aromatic heterocycles. The number of benzene rings is 2. The number of alkyl halides is 3. The van der Waals surface area contributed by atoms with Crippen LogP contribution in [0.5, 0.6) is 0 Å². The number of amides is 1. The molecule has 28 heavy (non-hydrogen) atoms. The third-order valence-electron chi connectivity index (χ3n) is 3.69. The van der Waals surface area contributed by atoms with Crippen LogP contribution >= 0.6 is 11.9 Å². The first-order valence-electron chi connectivity index (χ1n) is 8.26. The second kappa shape index (κ2) is 8.35. The van der Waals surface area contributed by atoms with E-state index in [2.05, 4.69) is 15.0 Å². The highest BCUT2D eigenvalue weighted by Gasteiger charge is 2.30. The van der Waals surface area contributed by atoms with E-state index >= 15 is 0 Å². The Labute approximate surface area is 164 Å². The molecule has 0 saturated carbocycles. The van der Waals surface area contributed by atoms with Crippen molar-refractivity contribution in [3.05, 3.63) is 83.7 Å². The summed E-state index contributed by atoms with van der Waals surface area (Å²) in [5.74, 6) is -0.336. The Bertz CT molecular complexity index is 992. The van der Waals surface area contributed by atoms with E-state index in [-0.39, 0.29) is 5.91 Å². The highest BCUT2D eigenvalue weighted by molar-refractivity contribution is 8.00. The maximum absolute atomic E-state index is 12.8. The Morgan fingerprint density at radius 1 is 0.964 bits per heavy atom. The van der Waals surface area contributed by atoms with Crippen LogP contribution in [-0.4, -0.2) is 10.9 Å². The number of aryl methyl sites for hydroxylation is 1. The van der Waals surface area contributed by atoms with Gasteiger partial charge in [0.2, 0.25) is 0 Å². The van der Waals surface area contributed by atoms with E-state index in [9.17, 15) is 18.0 Å². The minimum absolute atomic E-state index is 0.306. The van der Waals surface area contributed by atoms with Crippen LogP contribution in [0.3, 0.4) is 0 Å².